The fourth-order valence-corrected chi connectivity index (χ4v) is 4.42. The van der Waals surface area contributed by atoms with E-state index in [4.69, 9.17) is 0 Å². The molecule has 128 valence electrons. The fraction of sp³-hybridized carbons (Fsp3) is 0.312. The minimum absolute atomic E-state index is 0.0636. The van der Waals surface area contributed by atoms with Crippen LogP contribution in [0.5, 0.6) is 5.75 Å². The first-order valence-corrected chi connectivity index (χ1v) is 8.43. The van der Waals surface area contributed by atoms with Crippen molar-refractivity contribution >= 4 is 39.6 Å². The summed E-state index contributed by atoms with van der Waals surface area (Å²) in [5, 5.41) is 27.7. The van der Waals surface area contributed by atoms with E-state index < -0.39 is 16.4 Å². The average Bonchev–Trinajstić information content (AvgIpc) is 3.23. The van der Waals surface area contributed by atoms with Crippen molar-refractivity contribution in [3.8, 4) is 5.75 Å². The molecule has 8 nitrogen and oxygen atoms in total. The lowest BCUT2D eigenvalue weighted by molar-refractivity contribution is -0.398. The number of amides is 2. The van der Waals surface area contributed by atoms with Gasteiger partial charge in [0.25, 0.3) is 17.5 Å². The van der Waals surface area contributed by atoms with Gasteiger partial charge in [-0.05, 0) is 35.6 Å². The van der Waals surface area contributed by atoms with Gasteiger partial charge < -0.3 is 5.11 Å². The Morgan fingerprint density at radius 1 is 1.20 bits per heavy atom. The third-order valence-electron chi connectivity index (χ3n) is 5.02. The van der Waals surface area contributed by atoms with E-state index in [9.17, 15) is 24.8 Å². The topological polar surface area (TPSA) is 116 Å². The molecule has 1 saturated carbocycles. The van der Waals surface area contributed by atoms with Crippen molar-refractivity contribution in [2.45, 2.75) is 6.42 Å². The van der Waals surface area contributed by atoms with Gasteiger partial charge in [-0.1, -0.05) is 28.1 Å². The predicted molar refractivity (Wildman–Crippen MR) is 87.4 cm³/mol. The molecule has 0 aromatic heterocycles. The molecule has 4 rings (SSSR count). The molecular formula is C16H11BrN3O5-. The number of imide groups is 1. The van der Waals surface area contributed by atoms with E-state index in [1.54, 1.807) is 0 Å². The van der Waals surface area contributed by atoms with Crippen LogP contribution < -0.4 is 5.11 Å². The van der Waals surface area contributed by atoms with Crippen LogP contribution in [0.1, 0.15) is 12.0 Å². The Morgan fingerprint density at radius 2 is 1.80 bits per heavy atom. The van der Waals surface area contributed by atoms with Crippen LogP contribution in [0.4, 0.5) is 5.69 Å². The van der Waals surface area contributed by atoms with Crippen molar-refractivity contribution in [3.63, 3.8) is 0 Å². The number of nitro benzene ring substituents is 1. The van der Waals surface area contributed by atoms with Crippen LogP contribution in [-0.2, 0) is 9.59 Å². The van der Waals surface area contributed by atoms with Gasteiger partial charge in [-0.3, -0.25) is 19.7 Å². The minimum atomic E-state index is -0.821. The molecule has 1 aromatic carbocycles. The molecule has 4 atom stereocenters. The summed E-state index contributed by atoms with van der Waals surface area (Å²) in [5.41, 5.74) is -0.672. The zero-order chi connectivity index (χ0) is 17.9. The molecule has 1 saturated heterocycles. The average molecular weight is 405 g/mol. The Hall–Kier alpha value is -2.55. The van der Waals surface area contributed by atoms with Crippen molar-refractivity contribution in [2.24, 2.45) is 28.8 Å². The highest BCUT2D eigenvalue weighted by molar-refractivity contribution is 9.10. The summed E-state index contributed by atoms with van der Waals surface area (Å²) in [7, 11) is 0. The number of benzene rings is 1. The van der Waals surface area contributed by atoms with Crippen molar-refractivity contribution in [1.82, 2.24) is 5.01 Å². The largest absolute Gasteiger partial charge is 0.867 e. The van der Waals surface area contributed by atoms with Crippen molar-refractivity contribution < 1.29 is 19.6 Å². The zero-order valence-electron chi connectivity index (χ0n) is 12.7. The molecule has 0 spiro atoms. The first kappa shape index (κ1) is 15.9. The van der Waals surface area contributed by atoms with E-state index in [1.165, 1.54) is 6.07 Å². The molecule has 2 bridgehead atoms. The van der Waals surface area contributed by atoms with E-state index in [-0.39, 0.29) is 41.0 Å². The minimum Gasteiger partial charge on any atom is -0.867 e. The first-order chi connectivity index (χ1) is 11.9. The van der Waals surface area contributed by atoms with Gasteiger partial charge in [-0.2, -0.15) is 10.1 Å². The van der Waals surface area contributed by atoms with Gasteiger partial charge in [0.2, 0.25) is 0 Å². The van der Waals surface area contributed by atoms with Crippen LogP contribution in [0, 0.1) is 33.8 Å². The number of hydrazone groups is 1. The third kappa shape index (κ3) is 2.30. The molecule has 2 aliphatic carbocycles. The molecule has 9 heteroatoms. The molecule has 2 fully saturated rings. The zero-order valence-corrected chi connectivity index (χ0v) is 14.3. The second-order valence-corrected chi connectivity index (χ2v) is 7.25. The molecular weight excluding hydrogens is 394 g/mol. The van der Waals surface area contributed by atoms with E-state index in [0.29, 0.717) is 4.47 Å². The molecule has 2 amide bonds. The van der Waals surface area contributed by atoms with Gasteiger partial charge in [0.05, 0.1) is 23.0 Å². The number of carbonyl (C=O) groups is 2. The lowest BCUT2D eigenvalue weighted by Crippen LogP contribution is -2.28. The maximum atomic E-state index is 12.5. The maximum absolute atomic E-state index is 12.5. The highest BCUT2D eigenvalue weighted by atomic mass is 79.9. The molecule has 1 aliphatic heterocycles. The highest BCUT2D eigenvalue weighted by Gasteiger charge is 2.59. The second kappa shape index (κ2) is 5.48. The summed E-state index contributed by atoms with van der Waals surface area (Å²) in [4.78, 5) is 35.1. The van der Waals surface area contributed by atoms with Gasteiger partial charge in [-0.25, -0.2) is 0 Å². The van der Waals surface area contributed by atoms with Crippen molar-refractivity contribution in [2.75, 3.05) is 0 Å². The number of fused-ring (bicyclic) bond motifs is 5. The Balaban J connectivity index is 1.64. The van der Waals surface area contributed by atoms with Gasteiger partial charge in [0, 0.05) is 10.5 Å². The number of nitrogens with zero attached hydrogens (tertiary/aromatic N) is 3. The number of rotatable bonds is 3. The number of carbonyl (C=O) groups excluding carboxylic acids is 2. The summed E-state index contributed by atoms with van der Waals surface area (Å²) < 4.78 is 0.332. The van der Waals surface area contributed by atoms with Crippen LogP contribution in [0.25, 0.3) is 0 Å². The van der Waals surface area contributed by atoms with Gasteiger partial charge in [0.15, 0.2) is 0 Å². The van der Waals surface area contributed by atoms with E-state index in [2.05, 4.69) is 21.0 Å². The Morgan fingerprint density at radius 3 is 2.36 bits per heavy atom. The Kier molecular flexibility index (Phi) is 3.50. The van der Waals surface area contributed by atoms with Crippen LogP contribution in [0.2, 0.25) is 0 Å². The van der Waals surface area contributed by atoms with Gasteiger partial charge in [0.1, 0.15) is 0 Å². The lowest BCUT2D eigenvalue weighted by Gasteiger charge is -2.13. The Labute approximate surface area is 150 Å². The van der Waals surface area contributed by atoms with Crippen LogP contribution in [-0.4, -0.2) is 28.0 Å². The number of allylic oxidation sites excluding steroid dienone is 2. The molecule has 3 aliphatic rings. The first-order valence-electron chi connectivity index (χ1n) is 7.63. The monoisotopic (exact) mass is 404 g/mol. The number of hydrogen-bond donors (Lipinski definition) is 0. The fourth-order valence-electron chi connectivity index (χ4n) is 3.95. The summed E-state index contributed by atoms with van der Waals surface area (Å²) in [6.45, 7) is 0. The van der Waals surface area contributed by atoms with E-state index in [1.807, 2.05) is 12.2 Å². The SMILES string of the molecule is O=C1[C@@H]2[C@@H](C(=O)N1/N=C\c1cc(Br)cc([N+](=O)[O-])c1[O-])[C@H]1C=C[C@@H]2C1. The molecule has 0 unspecified atom stereocenters. The van der Waals surface area contributed by atoms with Crippen molar-refractivity contribution in [1.29, 1.82) is 0 Å². The molecule has 0 radical (unpaired) electrons. The quantitative estimate of drug-likeness (QED) is 0.249. The third-order valence-corrected chi connectivity index (χ3v) is 5.48. The van der Waals surface area contributed by atoms with Crippen LogP contribution in [0.3, 0.4) is 0 Å². The standard InChI is InChI=1S/C16H12BrN3O5/c17-10-4-9(14(21)11(5-10)20(24)25)6-18-19-15(22)12-7-1-2-8(3-7)13(12)16(19)23/h1-2,4-8,12-13,21H,3H2/p-1/b18-6-/t7-,8+,12-,13-/m0/s1. The summed E-state index contributed by atoms with van der Waals surface area (Å²) in [6, 6.07) is 2.45. The second-order valence-electron chi connectivity index (χ2n) is 6.33. The van der Waals surface area contributed by atoms with E-state index >= 15 is 0 Å². The van der Waals surface area contributed by atoms with Gasteiger partial charge in [-0.15, -0.1) is 0 Å². The van der Waals surface area contributed by atoms with Crippen LogP contribution >= 0.6 is 15.9 Å². The number of nitro groups is 1. The van der Waals surface area contributed by atoms with Crippen molar-refractivity contribution in [3.05, 3.63) is 44.4 Å². The predicted octanol–water partition coefficient (Wildman–Crippen LogP) is 1.57. The lowest BCUT2D eigenvalue weighted by atomic mass is 9.85. The molecule has 0 N–H and O–H groups in total. The normalized spacial score (nSPS) is 29.9. The molecule has 1 heterocycles. The summed E-state index contributed by atoms with van der Waals surface area (Å²) in [5.74, 6) is -2.22. The van der Waals surface area contributed by atoms with E-state index in [0.717, 1.165) is 23.7 Å². The van der Waals surface area contributed by atoms with Gasteiger partial charge >= 0.3 is 0 Å². The molecule has 25 heavy (non-hydrogen) atoms. The highest BCUT2D eigenvalue weighted by Crippen LogP contribution is 2.52. The number of halogens is 1. The Bertz CT molecular complexity index is 851. The maximum Gasteiger partial charge on any atom is 0.263 e. The smallest absolute Gasteiger partial charge is 0.263 e. The van der Waals surface area contributed by atoms with Crippen LogP contribution in [0.15, 0.2) is 33.9 Å². The summed E-state index contributed by atoms with van der Waals surface area (Å²) >= 11 is 3.10. The summed E-state index contributed by atoms with van der Waals surface area (Å²) in [6.07, 6.45) is 5.79. The number of hydrogen-bond acceptors (Lipinski definition) is 6. The molecule has 1 aromatic rings.